The number of amides is 1. The van der Waals surface area contributed by atoms with Gasteiger partial charge in [-0.05, 0) is 19.5 Å². The maximum atomic E-state index is 9.93. The van der Waals surface area contributed by atoms with E-state index in [1.54, 1.807) is 0 Å². The zero-order chi connectivity index (χ0) is 7.14. The molecular weight excluding hydrogens is 130 g/mol. The van der Waals surface area contributed by atoms with Crippen LogP contribution in [-0.4, -0.2) is 35.8 Å². The average molecular weight is 139 g/mol. The zero-order valence-corrected chi connectivity index (χ0v) is 5.55. The summed E-state index contributed by atoms with van der Waals surface area (Å²) < 4.78 is 0. The maximum absolute atomic E-state index is 9.93. The summed E-state index contributed by atoms with van der Waals surface area (Å²) in [6, 6.07) is -0.0370. The lowest BCUT2D eigenvalue weighted by molar-refractivity contribution is -0.113. The molecule has 2 N–H and O–H groups in total. The fraction of sp³-hybridized carbons (Fsp3) is 0.667. The van der Waals surface area contributed by atoms with Gasteiger partial charge in [0.25, 0.3) is 5.91 Å². The number of carbonyl (C=O) groups is 1. The Morgan fingerprint density at radius 2 is 2.00 bits per heavy atom. The third-order valence-corrected chi connectivity index (χ3v) is 1.82. The van der Waals surface area contributed by atoms with Gasteiger partial charge in [-0.2, -0.15) is 0 Å². The van der Waals surface area contributed by atoms with Crippen molar-refractivity contribution in [3.8, 4) is 0 Å². The molecule has 3 saturated heterocycles. The van der Waals surface area contributed by atoms with Crippen molar-refractivity contribution in [2.24, 2.45) is 0 Å². The van der Waals surface area contributed by atoms with Crippen molar-refractivity contribution in [2.75, 3.05) is 13.1 Å². The molecule has 0 aromatic rings. The maximum Gasteiger partial charge on any atom is 0.260 e. The highest BCUT2D eigenvalue weighted by atomic mass is 16.2. The van der Waals surface area contributed by atoms with E-state index in [4.69, 9.17) is 5.41 Å². The van der Waals surface area contributed by atoms with Gasteiger partial charge in [-0.25, -0.2) is 0 Å². The molecular formula is C6H9N3O. The van der Waals surface area contributed by atoms with Gasteiger partial charge in [0.15, 0.2) is 6.04 Å². The second-order valence-electron chi connectivity index (χ2n) is 2.60. The van der Waals surface area contributed by atoms with Crippen LogP contribution in [0.25, 0.3) is 0 Å². The van der Waals surface area contributed by atoms with Crippen LogP contribution in [0.5, 0.6) is 0 Å². The number of hydrogen-bond acceptors (Lipinski definition) is 3. The van der Waals surface area contributed by atoms with Crippen molar-refractivity contribution >= 4 is 11.7 Å². The van der Waals surface area contributed by atoms with Crippen LogP contribution in [0, 0.1) is 5.41 Å². The zero-order valence-electron chi connectivity index (χ0n) is 5.55. The first-order chi connectivity index (χ1) is 4.82. The standard InChI is InChI=1S/C3H2N2O.C3H7N/c4-2-1-3(6)5(1)2;1-2-4-3-1/h1,4H;4H,1-3H2. The molecule has 1 unspecified atom stereocenters. The van der Waals surface area contributed by atoms with Crippen LogP contribution in [0.3, 0.4) is 0 Å². The van der Waals surface area contributed by atoms with Gasteiger partial charge in [0.2, 0.25) is 0 Å². The molecule has 4 nitrogen and oxygen atoms in total. The van der Waals surface area contributed by atoms with Crippen LogP contribution >= 0.6 is 0 Å². The van der Waals surface area contributed by atoms with E-state index in [-0.39, 0.29) is 11.9 Å². The van der Waals surface area contributed by atoms with Crippen molar-refractivity contribution in [1.82, 2.24) is 10.2 Å². The fourth-order valence-electron chi connectivity index (χ4n) is 0.719. The highest BCUT2D eigenvalue weighted by Crippen LogP contribution is 2.38. The lowest BCUT2D eigenvalue weighted by Gasteiger charge is -2.09. The third kappa shape index (κ3) is 0.724. The van der Waals surface area contributed by atoms with Crippen LogP contribution < -0.4 is 5.32 Å². The highest BCUT2D eigenvalue weighted by Gasteiger charge is 2.69. The van der Waals surface area contributed by atoms with E-state index in [0.29, 0.717) is 5.84 Å². The van der Waals surface area contributed by atoms with Gasteiger partial charge < -0.3 is 5.32 Å². The molecule has 0 saturated carbocycles. The molecule has 3 rings (SSSR count). The topological polar surface area (TPSA) is 56.0 Å². The predicted octanol–water partition coefficient (Wildman–Crippen LogP) is -0.832. The van der Waals surface area contributed by atoms with Crippen molar-refractivity contribution < 1.29 is 4.79 Å². The van der Waals surface area contributed by atoms with Gasteiger partial charge in [-0.15, -0.1) is 0 Å². The van der Waals surface area contributed by atoms with Crippen molar-refractivity contribution in [3.05, 3.63) is 0 Å². The first-order valence-electron chi connectivity index (χ1n) is 3.44. The minimum Gasteiger partial charge on any atom is -0.317 e. The fourth-order valence-corrected chi connectivity index (χ4v) is 0.719. The Morgan fingerprint density at radius 3 is 2.00 bits per heavy atom. The van der Waals surface area contributed by atoms with E-state index < -0.39 is 0 Å². The van der Waals surface area contributed by atoms with Gasteiger partial charge in [0.1, 0.15) is 5.84 Å². The predicted molar refractivity (Wildman–Crippen MR) is 35.8 cm³/mol. The number of fused-ring (bicyclic) bond motifs is 1. The van der Waals surface area contributed by atoms with Gasteiger partial charge in [0, 0.05) is 0 Å². The summed E-state index contributed by atoms with van der Waals surface area (Å²) in [5, 5.41) is 9.81. The van der Waals surface area contributed by atoms with Crippen molar-refractivity contribution in [1.29, 1.82) is 5.41 Å². The smallest absolute Gasteiger partial charge is 0.260 e. The minimum absolute atomic E-state index is 0.0370. The molecule has 0 spiro atoms. The number of β-lactam (4-membered cyclic amide) rings is 1. The quantitative estimate of drug-likeness (QED) is 0.340. The summed E-state index contributed by atoms with van der Waals surface area (Å²) >= 11 is 0. The molecule has 10 heavy (non-hydrogen) atoms. The van der Waals surface area contributed by atoms with E-state index in [1.807, 2.05) is 0 Å². The Kier molecular flexibility index (Phi) is 1.05. The summed E-state index contributed by atoms with van der Waals surface area (Å²) in [4.78, 5) is 11.4. The first kappa shape index (κ1) is 5.85. The summed E-state index contributed by atoms with van der Waals surface area (Å²) in [6.45, 7) is 2.50. The number of carbonyl (C=O) groups excluding carboxylic acids is 1. The third-order valence-electron chi connectivity index (χ3n) is 1.82. The van der Waals surface area contributed by atoms with Crippen LogP contribution in [0.2, 0.25) is 0 Å². The molecule has 54 valence electrons. The molecule has 3 fully saturated rings. The number of nitrogens with zero attached hydrogens (tertiary/aromatic N) is 1. The van der Waals surface area contributed by atoms with Gasteiger partial charge in [-0.3, -0.25) is 15.1 Å². The number of hydrogen-bond donors (Lipinski definition) is 2. The Hall–Kier alpha value is -0.900. The molecule has 1 atom stereocenters. The molecule has 3 heterocycles. The van der Waals surface area contributed by atoms with Gasteiger partial charge in [0.05, 0.1) is 0 Å². The Bertz CT molecular complexity index is 163. The Labute approximate surface area is 58.7 Å². The van der Waals surface area contributed by atoms with E-state index in [0.717, 1.165) is 0 Å². The number of nitrogens with one attached hydrogen (secondary N) is 2. The van der Waals surface area contributed by atoms with Crippen LogP contribution in [-0.2, 0) is 4.79 Å². The van der Waals surface area contributed by atoms with Crippen molar-refractivity contribution in [2.45, 2.75) is 12.5 Å². The number of rotatable bonds is 0. The van der Waals surface area contributed by atoms with E-state index >= 15 is 0 Å². The Balaban J connectivity index is 0.0000000886. The second-order valence-corrected chi connectivity index (χ2v) is 2.60. The molecule has 0 aromatic heterocycles. The van der Waals surface area contributed by atoms with E-state index in [1.165, 1.54) is 24.4 Å². The van der Waals surface area contributed by atoms with E-state index in [9.17, 15) is 4.79 Å². The summed E-state index contributed by atoms with van der Waals surface area (Å²) in [5.41, 5.74) is 0. The van der Waals surface area contributed by atoms with Crippen LogP contribution in [0.15, 0.2) is 0 Å². The molecule has 4 heteroatoms. The highest BCUT2D eigenvalue weighted by molar-refractivity contribution is 6.40. The molecule has 1 amide bonds. The lowest BCUT2D eigenvalue weighted by Crippen LogP contribution is -2.29. The van der Waals surface area contributed by atoms with Crippen LogP contribution in [0.4, 0.5) is 0 Å². The van der Waals surface area contributed by atoms with Gasteiger partial charge in [-0.1, -0.05) is 0 Å². The summed E-state index contributed by atoms with van der Waals surface area (Å²) in [6.07, 6.45) is 1.39. The Morgan fingerprint density at radius 1 is 1.60 bits per heavy atom. The van der Waals surface area contributed by atoms with Crippen LogP contribution in [0.1, 0.15) is 6.42 Å². The second kappa shape index (κ2) is 1.79. The lowest BCUT2D eigenvalue weighted by atomic mass is 10.3. The molecule has 0 bridgehead atoms. The molecule has 3 aliphatic rings. The molecule has 0 aromatic carbocycles. The van der Waals surface area contributed by atoms with E-state index in [2.05, 4.69) is 5.32 Å². The monoisotopic (exact) mass is 139 g/mol. The van der Waals surface area contributed by atoms with Crippen molar-refractivity contribution in [3.63, 3.8) is 0 Å². The largest absolute Gasteiger partial charge is 0.317 e. The normalized spacial score (nSPS) is 31.6. The van der Waals surface area contributed by atoms with Gasteiger partial charge >= 0.3 is 0 Å². The SMILES string of the molecule is C1CNC1.N=C1C2C(=O)N12. The summed E-state index contributed by atoms with van der Waals surface area (Å²) in [5.74, 6) is 0.625. The molecule has 0 radical (unpaired) electrons. The molecule has 0 aliphatic carbocycles. The number of amidine groups is 1. The summed E-state index contributed by atoms with van der Waals surface area (Å²) in [7, 11) is 0. The first-order valence-corrected chi connectivity index (χ1v) is 3.44. The average Bonchev–Trinajstić information content (AvgIpc) is 2.53. The molecule has 3 aliphatic heterocycles. The minimum atomic E-state index is -0.0370.